The Balaban J connectivity index is 1.36. The lowest BCUT2D eigenvalue weighted by molar-refractivity contribution is 0.216. The van der Waals surface area contributed by atoms with Gasteiger partial charge < -0.3 is 14.0 Å². The minimum Gasteiger partial charge on any atom is -0.489 e. The van der Waals surface area contributed by atoms with Crippen molar-refractivity contribution in [1.29, 1.82) is 0 Å². The number of sulfonamides is 1. The summed E-state index contributed by atoms with van der Waals surface area (Å²) in [7, 11) is -3.19. The van der Waals surface area contributed by atoms with Crippen LogP contribution in [0.5, 0.6) is 5.75 Å². The molecule has 0 aliphatic carbocycles. The van der Waals surface area contributed by atoms with Crippen LogP contribution in [0.1, 0.15) is 18.2 Å². The van der Waals surface area contributed by atoms with Gasteiger partial charge >= 0.3 is 0 Å². The highest BCUT2D eigenvalue weighted by molar-refractivity contribution is 9.10. The molecule has 1 atom stereocenters. The first-order chi connectivity index (χ1) is 15.4. The summed E-state index contributed by atoms with van der Waals surface area (Å²) < 4.78 is 34.9. The third-order valence-corrected chi connectivity index (χ3v) is 8.34. The van der Waals surface area contributed by atoms with Gasteiger partial charge in [0.25, 0.3) is 0 Å². The molecule has 3 aromatic rings. The van der Waals surface area contributed by atoms with Gasteiger partial charge in [-0.25, -0.2) is 18.4 Å². The van der Waals surface area contributed by atoms with Crippen molar-refractivity contribution < 1.29 is 13.2 Å². The van der Waals surface area contributed by atoms with E-state index in [4.69, 9.17) is 4.74 Å². The Morgan fingerprint density at radius 2 is 2.19 bits per heavy atom. The van der Waals surface area contributed by atoms with E-state index >= 15 is 0 Å². The van der Waals surface area contributed by atoms with Gasteiger partial charge in [-0.2, -0.15) is 4.31 Å². The molecule has 4 heterocycles. The Morgan fingerprint density at radius 1 is 1.34 bits per heavy atom. The molecule has 0 N–H and O–H groups in total. The number of nitrogens with zero attached hydrogens (tertiary/aromatic N) is 5. The molecule has 0 radical (unpaired) electrons. The number of halogens is 1. The number of fused-ring (bicyclic) bond motifs is 4. The van der Waals surface area contributed by atoms with Crippen LogP contribution >= 0.6 is 15.9 Å². The second-order valence-corrected chi connectivity index (χ2v) is 11.1. The van der Waals surface area contributed by atoms with E-state index in [0.29, 0.717) is 32.7 Å². The van der Waals surface area contributed by atoms with Gasteiger partial charge in [-0.3, -0.25) is 0 Å². The topological polar surface area (TPSA) is 80.0 Å². The molecule has 0 saturated carbocycles. The molecule has 2 aliphatic heterocycles. The van der Waals surface area contributed by atoms with Crippen molar-refractivity contribution in [1.82, 2.24) is 18.7 Å². The number of allylic oxidation sites excluding steroid dienone is 1. The van der Waals surface area contributed by atoms with E-state index in [9.17, 15) is 8.42 Å². The van der Waals surface area contributed by atoms with Crippen LogP contribution in [0, 0.1) is 0 Å². The highest BCUT2D eigenvalue weighted by Gasteiger charge is 2.36. The molecular formula is C22H24BrN5O3S. The second-order valence-electron chi connectivity index (χ2n) is 8.05. The maximum Gasteiger partial charge on any atom is 0.213 e. The number of ether oxygens (including phenoxy) is 1. The van der Waals surface area contributed by atoms with Gasteiger partial charge in [0, 0.05) is 44.6 Å². The number of hydrogen-bond acceptors (Lipinski definition) is 6. The minimum atomic E-state index is -3.19. The van der Waals surface area contributed by atoms with Gasteiger partial charge in [0.05, 0.1) is 23.2 Å². The number of rotatable bonds is 5. The summed E-state index contributed by atoms with van der Waals surface area (Å²) in [5, 5.41) is 0. The fraction of sp³-hybridized carbons (Fsp3) is 0.364. The Morgan fingerprint density at radius 3 is 3.00 bits per heavy atom. The van der Waals surface area contributed by atoms with Crippen LogP contribution in [0.3, 0.4) is 0 Å². The van der Waals surface area contributed by atoms with Crippen LogP contribution in [0.25, 0.3) is 11.2 Å². The lowest BCUT2D eigenvalue weighted by atomic mass is 10.0. The largest absolute Gasteiger partial charge is 0.489 e. The number of benzene rings is 1. The normalized spacial score (nSPS) is 18.8. The lowest BCUT2D eigenvalue weighted by Gasteiger charge is -2.45. The number of hydrogen-bond donors (Lipinski definition) is 0. The molecule has 1 aromatic carbocycles. The van der Waals surface area contributed by atoms with E-state index in [0.717, 1.165) is 38.5 Å². The van der Waals surface area contributed by atoms with Crippen LogP contribution in [-0.2, 0) is 16.4 Å². The zero-order valence-corrected chi connectivity index (χ0v) is 20.1. The molecule has 1 fully saturated rings. The van der Waals surface area contributed by atoms with Gasteiger partial charge in [-0.1, -0.05) is 12.6 Å². The van der Waals surface area contributed by atoms with Crippen LogP contribution in [0.2, 0.25) is 0 Å². The molecule has 32 heavy (non-hydrogen) atoms. The molecule has 2 aromatic heterocycles. The maximum absolute atomic E-state index is 12.3. The summed E-state index contributed by atoms with van der Waals surface area (Å²) in [6.45, 7) is 8.03. The smallest absolute Gasteiger partial charge is 0.213 e. The van der Waals surface area contributed by atoms with E-state index in [1.807, 2.05) is 35.0 Å². The van der Waals surface area contributed by atoms with Crippen molar-refractivity contribution in [2.45, 2.75) is 19.4 Å². The number of anilines is 1. The molecule has 2 aliphatic rings. The van der Waals surface area contributed by atoms with Crippen LogP contribution < -0.4 is 9.64 Å². The van der Waals surface area contributed by atoms with Crippen molar-refractivity contribution in [3.8, 4) is 5.75 Å². The predicted octanol–water partition coefficient (Wildman–Crippen LogP) is 2.98. The van der Waals surface area contributed by atoms with Gasteiger partial charge in [0.15, 0.2) is 5.65 Å². The first-order valence-corrected chi connectivity index (χ1v) is 12.9. The Bertz CT molecular complexity index is 1310. The number of imidazole rings is 1. The van der Waals surface area contributed by atoms with E-state index in [1.165, 1.54) is 0 Å². The van der Waals surface area contributed by atoms with Crippen molar-refractivity contribution in [2.75, 3.05) is 36.9 Å². The summed E-state index contributed by atoms with van der Waals surface area (Å²) in [6.07, 6.45) is 6.09. The van der Waals surface area contributed by atoms with Crippen LogP contribution in [0.15, 0.2) is 48.0 Å². The highest BCUT2D eigenvalue weighted by atomic mass is 79.9. The Kier molecular flexibility index (Phi) is 5.47. The van der Waals surface area contributed by atoms with Crippen molar-refractivity contribution in [3.05, 3.63) is 59.2 Å². The van der Waals surface area contributed by atoms with E-state index in [1.54, 1.807) is 17.4 Å². The molecule has 0 spiro atoms. The summed E-state index contributed by atoms with van der Waals surface area (Å²) >= 11 is 3.46. The third-order valence-electron chi connectivity index (χ3n) is 6.11. The van der Waals surface area contributed by atoms with Gasteiger partial charge in [-0.15, -0.1) is 0 Å². The van der Waals surface area contributed by atoms with E-state index in [2.05, 4.69) is 37.4 Å². The second kappa shape index (κ2) is 8.17. The van der Waals surface area contributed by atoms with Crippen molar-refractivity contribution >= 4 is 42.9 Å². The van der Waals surface area contributed by atoms with Crippen molar-refractivity contribution in [2.24, 2.45) is 0 Å². The average molecular weight is 518 g/mol. The van der Waals surface area contributed by atoms with Gasteiger partial charge in [-0.05, 0) is 46.1 Å². The quantitative estimate of drug-likeness (QED) is 0.517. The lowest BCUT2D eigenvalue weighted by Crippen LogP contribution is -2.58. The first kappa shape index (κ1) is 21.4. The highest BCUT2D eigenvalue weighted by Crippen LogP contribution is 2.38. The van der Waals surface area contributed by atoms with Crippen LogP contribution in [-0.4, -0.2) is 65.1 Å². The number of piperazine rings is 1. The Labute approximate surface area is 195 Å². The number of aromatic nitrogens is 3. The summed E-state index contributed by atoms with van der Waals surface area (Å²) in [5.41, 5.74) is 4.57. The van der Waals surface area contributed by atoms with Crippen molar-refractivity contribution in [3.63, 3.8) is 0 Å². The van der Waals surface area contributed by atoms with Gasteiger partial charge in [0.2, 0.25) is 10.0 Å². The summed E-state index contributed by atoms with van der Waals surface area (Å²) in [6, 6.07) is 6.13. The fourth-order valence-electron chi connectivity index (χ4n) is 4.38. The van der Waals surface area contributed by atoms with Crippen LogP contribution in [0.4, 0.5) is 5.69 Å². The summed E-state index contributed by atoms with van der Waals surface area (Å²) in [4.78, 5) is 11.3. The SMILES string of the molecule is C=C(Cc1nc(Br)cn2ccnc12)c1ccc2c(c1)OC[C@H]1CN(S(=O)(=O)CC)CCN21. The molecule has 0 unspecified atom stereocenters. The molecule has 0 bridgehead atoms. The predicted molar refractivity (Wildman–Crippen MR) is 128 cm³/mol. The zero-order valence-electron chi connectivity index (χ0n) is 17.7. The molecule has 10 heteroatoms. The maximum atomic E-state index is 12.3. The first-order valence-electron chi connectivity index (χ1n) is 10.5. The van der Waals surface area contributed by atoms with E-state index in [-0.39, 0.29) is 11.8 Å². The molecular weight excluding hydrogens is 494 g/mol. The molecule has 8 nitrogen and oxygen atoms in total. The van der Waals surface area contributed by atoms with Gasteiger partial charge in [0.1, 0.15) is 17.0 Å². The Hall–Kier alpha value is -2.43. The summed E-state index contributed by atoms with van der Waals surface area (Å²) in [5.74, 6) is 0.931. The fourth-order valence-corrected chi connectivity index (χ4v) is 5.94. The monoisotopic (exact) mass is 517 g/mol. The molecule has 168 valence electrons. The standard InChI is InChI=1S/C22H24BrN5O3S/c1-3-32(29,30)27-8-9-28-17(12-27)14-31-20-11-16(4-5-19(20)28)15(2)10-18-22-24-6-7-26(22)13-21(23)25-18/h4-7,11,13,17H,2-3,8-10,12,14H2,1H3/t17-/m1/s1. The third kappa shape index (κ3) is 3.80. The zero-order chi connectivity index (χ0) is 22.5. The molecule has 0 amide bonds. The molecule has 1 saturated heterocycles. The van der Waals surface area contributed by atoms with E-state index < -0.39 is 10.0 Å². The minimum absolute atomic E-state index is 0.0196. The molecule has 5 rings (SSSR count). The average Bonchev–Trinajstić information content (AvgIpc) is 3.26.